The first-order valence-corrected chi connectivity index (χ1v) is 13.4. The number of amides is 1. The lowest BCUT2D eigenvalue weighted by molar-refractivity contribution is -0.127. The molecule has 2 aromatic heterocycles. The number of aryl methyl sites for hydroxylation is 2. The number of nitrogens with zero attached hydrogens (tertiary/aromatic N) is 4. The lowest BCUT2D eigenvalue weighted by Crippen LogP contribution is -2.48. The highest BCUT2D eigenvalue weighted by Crippen LogP contribution is 2.33. The number of benzene rings is 1. The zero-order chi connectivity index (χ0) is 24.7. The van der Waals surface area contributed by atoms with Crippen molar-refractivity contribution in [1.82, 2.24) is 19.9 Å². The van der Waals surface area contributed by atoms with E-state index in [-0.39, 0.29) is 11.8 Å². The number of hydrogen-bond acceptors (Lipinski definition) is 4. The summed E-state index contributed by atoms with van der Waals surface area (Å²) < 4.78 is 1.97. The normalized spacial score (nSPS) is 23.6. The summed E-state index contributed by atoms with van der Waals surface area (Å²) in [5.74, 6) is 2.61. The molecule has 3 heterocycles. The Labute approximate surface area is 213 Å². The quantitative estimate of drug-likeness (QED) is 0.497. The Morgan fingerprint density at radius 3 is 2.49 bits per heavy atom. The molecular formula is C28H36ClN5O. The van der Waals surface area contributed by atoms with Crippen LogP contribution < -0.4 is 10.2 Å². The van der Waals surface area contributed by atoms with Crippen molar-refractivity contribution in [3.8, 4) is 11.1 Å². The van der Waals surface area contributed by atoms with Crippen LogP contribution in [-0.4, -0.2) is 39.6 Å². The molecule has 5 rings (SSSR count). The Kier molecular flexibility index (Phi) is 6.75. The molecule has 0 unspecified atom stereocenters. The summed E-state index contributed by atoms with van der Waals surface area (Å²) in [5.41, 5.74) is 4.86. The van der Waals surface area contributed by atoms with Crippen molar-refractivity contribution < 1.29 is 4.79 Å². The highest BCUT2D eigenvalue weighted by Gasteiger charge is 2.32. The molecule has 1 saturated heterocycles. The number of aromatic nitrogens is 3. The van der Waals surface area contributed by atoms with E-state index >= 15 is 0 Å². The summed E-state index contributed by atoms with van der Waals surface area (Å²) in [5, 5.41) is 8.99. The van der Waals surface area contributed by atoms with Crippen molar-refractivity contribution in [3.63, 3.8) is 0 Å². The zero-order valence-corrected chi connectivity index (χ0v) is 22.0. The third-order valence-electron chi connectivity index (χ3n) is 8.23. The third-order valence-corrected chi connectivity index (χ3v) is 8.48. The molecule has 1 amide bonds. The van der Waals surface area contributed by atoms with Crippen LogP contribution in [0.1, 0.15) is 57.3 Å². The van der Waals surface area contributed by atoms with Gasteiger partial charge in [0, 0.05) is 47.4 Å². The lowest BCUT2D eigenvalue weighted by atomic mass is 9.78. The Balaban J connectivity index is 1.33. The molecule has 3 aromatic rings. The molecule has 3 atom stereocenters. The van der Waals surface area contributed by atoms with Crippen molar-refractivity contribution in [2.75, 3.05) is 18.0 Å². The van der Waals surface area contributed by atoms with E-state index in [0.717, 1.165) is 66.3 Å². The molecule has 2 fully saturated rings. The van der Waals surface area contributed by atoms with E-state index in [1.54, 1.807) is 0 Å². The number of nitrogens with one attached hydrogen (secondary N) is 1. The van der Waals surface area contributed by atoms with Gasteiger partial charge in [0.2, 0.25) is 5.91 Å². The molecule has 35 heavy (non-hydrogen) atoms. The van der Waals surface area contributed by atoms with Gasteiger partial charge in [-0.15, -0.1) is 0 Å². The summed E-state index contributed by atoms with van der Waals surface area (Å²) >= 11 is 6.11. The van der Waals surface area contributed by atoms with Crippen molar-refractivity contribution in [2.45, 2.75) is 65.8 Å². The maximum Gasteiger partial charge on any atom is 0.223 e. The van der Waals surface area contributed by atoms with Crippen LogP contribution in [-0.2, 0) is 4.79 Å². The van der Waals surface area contributed by atoms with Gasteiger partial charge < -0.3 is 10.2 Å². The van der Waals surface area contributed by atoms with E-state index in [4.69, 9.17) is 21.7 Å². The fraction of sp³-hybridized carbons (Fsp3) is 0.536. The van der Waals surface area contributed by atoms with Gasteiger partial charge >= 0.3 is 0 Å². The minimum atomic E-state index is 0.0816. The number of rotatable bonds is 4. The van der Waals surface area contributed by atoms with E-state index in [9.17, 15) is 4.79 Å². The second kappa shape index (κ2) is 9.81. The van der Waals surface area contributed by atoms with Crippen LogP contribution in [0.4, 0.5) is 5.82 Å². The molecule has 1 N–H and O–H groups in total. The molecule has 0 spiro atoms. The van der Waals surface area contributed by atoms with Gasteiger partial charge in [-0.05, 0) is 62.6 Å². The van der Waals surface area contributed by atoms with Gasteiger partial charge in [-0.2, -0.15) is 9.61 Å². The van der Waals surface area contributed by atoms with Crippen LogP contribution in [0.5, 0.6) is 0 Å². The van der Waals surface area contributed by atoms with E-state index in [2.05, 4.69) is 30.1 Å². The van der Waals surface area contributed by atoms with Gasteiger partial charge in [-0.25, -0.2) is 4.98 Å². The summed E-state index contributed by atoms with van der Waals surface area (Å²) in [7, 11) is 0. The first kappa shape index (κ1) is 24.1. The van der Waals surface area contributed by atoms with Crippen LogP contribution >= 0.6 is 11.6 Å². The van der Waals surface area contributed by atoms with Gasteiger partial charge in [0.15, 0.2) is 5.65 Å². The highest BCUT2D eigenvalue weighted by atomic mass is 35.5. The molecular weight excluding hydrogens is 458 g/mol. The van der Waals surface area contributed by atoms with Gasteiger partial charge in [-0.3, -0.25) is 4.79 Å². The number of carbonyl (C=O) groups excluding carboxylic acids is 1. The molecule has 1 aromatic carbocycles. The van der Waals surface area contributed by atoms with Crippen LogP contribution in [0, 0.1) is 31.6 Å². The monoisotopic (exact) mass is 493 g/mol. The molecule has 1 saturated carbocycles. The summed E-state index contributed by atoms with van der Waals surface area (Å²) in [6.45, 7) is 10.3. The Bertz CT molecular complexity index is 1210. The fourth-order valence-electron chi connectivity index (χ4n) is 5.86. The maximum absolute atomic E-state index is 13.1. The molecule has 7 heteroatoms. The van der Waals surface area contributed by atoms with E-state index < -0.39 is 0 Å². The molecule has 1 aliphatic carbocycles. The molecule has 2 aliphatic rings. The second-order valence-corrected chi connectivity index (χ2v) is 11.0. The zero-order valence-electron chi connectivity index (χ0n) is 21.2. The number of carbonyl (C=O) groups is 1. The van der Waals surface area contributed by atoms with Crippen molar-refractivity contribution >= 4 is 29.0 Å². The molecule has 186 valence electrons. The molecule has 1 aliphatic heterocycles. The van der Waals surface area contributed by atoms with Gasteiger partial charge in [-0.1, -0.05) is 50.4 Å². The largest absolute Gasteiger partial charge is 0.356 e. The Morgan fingerprint density at radius 2 is 1.77 bits per heavy atom. The Morgan fingerprint density at radius 1 is 1.06 bits per heavy atom. The van der Waals surface area contributed by atoms with Gasteiger partial charge in [0.25, 0.3) is 0 Å². The average Bonchev–Trinajstić information content (AvgIpc) is 3.17. The number of anilines is 1. The van der Waals surface area contributed by atoms with Gasteiger partial charge in [0.1, 0.15) is 5.82 Å². The van der Waals surface area contributed by atoms with E-state index in [0.29, 0.717) is 22.9 Å². The fourth-order valence-corrected chi connectivity index (χ4v) is 5.99. The summed E-state index contributed by atoms with van der Waals surface area (Å²) in [6.07, 6.45) is 5.32. The second-order valence-electron chi connectivity index (χ2n) is 10.6. The molecule has 0 radical (unpaired) electrons. The van der Waals surface area contributed by atoms with Gasteiger partial charge in [0.05, 0.1) is 5.69 Å². The standard InChI is InChI=1S/C28H36ClN5O/c1-17-6-5-7-24(19(17)3)31-28(35)22-12-14-33(15-13-22)25-16-18(2)30-27-26(20(4)32-34(25)27)21-8-10-23(29)11-9-21/h8-11,16-17,19,22,24H,5-7,12-15H2,1-4H3,(H,31,35)/t17-,19+,24-/m1/s1. The number of piperidine rings is 1. The lowest BCUT2D eigenvalue weighted by Gasteiger charge is -2.37. The molecule has 0 bridgehead atoms. The molecule has 6 nitrogen and oxygen atoms in total. The summed E-state index contributed by atoms with van der Waals surface area (Å²) in [4.78, 5) is 20.3. The SMILES string of the molecule is Cc1cc(N2CCC(C(=O)N[C@@H]3CCC[C@@H](C)[C@@H]3C)CC2)n2nc(C)c(-c3ccc(Cl)cc3)c2n1. The predicted octanol–water partition coefficient (Wildman–Crippen LogP) is 5.82. The topological polar surface area (TPSA) is 62.5 Å². The maximum atomic E-state index is 13.1. The first-order valence-electron chi connectivity index (χ1n) is 13.0. The summed E-state index contributed by atoms with van der Waals surface area (Å²) in [6, 6.07) is 10.3. The number of hydrogen-bond donors (Lipinski definition) is 1. The minimum absolute atomic E-state index is 0.0816. The Hall–Kier alpha value is -2.60. The minimum Gasteiger partial charge on any atom is -0.356 e. The smallest absolute Gasteiger partial charge is 0.223 e. The average molecular weight is 494 g/mol. The number of halogens is 1. The third kappa shape index (κ3) is 4.77. The van der Waals surface area contributed by atoms with Crippen molar-refractivity contribution in [3.05, 3.63) is 46.7 Å². The van der Waals surface area contributed by atoms with Crippen molar-refractivity contribution in [1.29, 1.82) is 0 Å². The first-order chi connectivity index (χ1) is 16.8. The van der Waals surface area contributed by atoms with Crippen LogP contribution in [0.2, 0.25) is 5.02 Å². The predicted molar refractivity (Wildman–Crippen MR) is 142 cm³/mol. The number of fused-ring (bicyclic) bond motifs is 1. The van der Waals surface area contributed by atoms with E-state index in [1.165, 1.54) is 12.8 Å². The highest BCUT2D eigenvalue weighted by molar-refractivity contribution is 6.30. The van der Waals surface area contributed by atoms with Crippen LogP contribution in [0.25, 0.3) is 16.8 Å². The van der Waals surface area contributed by atoms with Crippen LogP contribution in [0.3, 0.4) is 0 Å². The van der Waals surface area contributed by atoms with E-state index in [1.807, 2.05) is 42.6 Å². The van der Waals surface area contributed by atoms with Crippen LogP contribution in [0.15, 0.2) is 30.3 Å². The van der Waals surface area contributed by atoms with Crippen molar-refractivity contribution in [2.24, 2.45) is 17.8 Å².